The quantitative estimate of drug-likeness (QED) is 0.757. The first-order valence-corrected chi connectivity index (χ1v) is 8.64. The van der Waals surface area contributed by atoms with E-state index in [1.54, 1.807) is 39.0 Å². The number of methoxy groups -OCH3 is 1. The summed E-state index contributed by atoms with van der Waals surface area (Å²) in [5.74, 6) is -0.856. The van der Waals surface area contributed by atoms with E-state index in [4.69, 9.17) is 21.1 Å². The third kappa shape index (κ3) is 3.00. The van der Waals surface area contributed by atoms with Crippen LogP contribution in [0.2, 0.25) is 5.02 Å². The molecule has 2 heterocycles. The van der Waals surface area contributed by atoms with E-state index in [1.165, 1.54) is 12.0 Å². The van der Waals surface area contributed by atoms with Crippen molar-refractivity contribution in [2.75, 3.05) is 19.0 Å². The van der Waals surface area contributed by atoms with E-state index in [9.17, 15) is 14.4 Å². The molecule has 140 valence electrons. The van der Waals surface area contributed by atoms with Crippen LogP contribution in [0.15, 0.2) is 18.2 Å². The Morgan fingerprint density at radius 3 is 2.65 bits per heavy atom. The van der Waals surface area contributed by atoms with E-state index in [0.29, 0.717) is 16.3 Å². The summed E-state index contributed by atoms with van der Waals surface area (Å²) < 4.78 is 10.3. The molecule has 1 saturated heterocycles. The lowest BCUT2D eigenvalue weighted by Gasteiger charge is -2.27. The number of esters is 1. The van der Waals surface area contributed by atoms with Gasteiger partial charge in [-0.3, -0.25) is 9.69 Å². The van der Waals surface area contributed by atoms with Gasteiger partial charge in [-0.05, 0) is 51.0 Å². The van der Waals surface area contributed by atoms with E-state index < -0.39 is 29.1 Å². The number of carbonyl (C=O) groups excluding carboxylic acids is 3. The lowest BCUT2D eigenvalue weighted by molar-refractivity contribution is -0.145. The molecule has 2 amide bonds. The van der Waals surface area contributed by atoms with Gasteiger partial charge in [-0.1, -0.05) is 11.6 Å². The molecule has 2 aliphatic rings. The smallest absolute Gasteiger partial charge is 0.411 e. The van der Waals surface area contributed by atoms with Crippen molar-refractivity contribution in [1.82, 2.24) is 4.90 Å². The number of halogens is 1. The average Bonchev–Trinajstić information content (AvgIpc) is 3.06. The fourth-order valence-corrected chi connectivity index (χ4v) is 3.68. The number of nitrogens with zero attached hydrogens (tertiary/aromatic N) is 1. The van der Waals surface area contributed by atoms with Crippen LogP contribution in [0.3, 0.4) is 0 Å². The molecule has 1 N–H and O–H groups in total. The molecule has 2 aliphatic heterocycles. The van der Waals surface area contributed by atoms with Crippen molar-refractivity contribution < 1.29 is 23.9 Å². The van der Waals surface area contributed by atoms with Crippen LogP contribution in [0.1, 0.15) is 32.8 Å². The Balaban J connectivity index is 2.02. The summed E-state index contributed by atoms with van der Waals surface area (Å²) in [4.78, 5) is 39.0. The van der Waals surface area contributed by atoms with Crippen molar-refractivity contribution in [2.24, 2.45) is 0 Å². The highest BCUT2D eigenvalue weighted by Crippen LogP contribution is 2.47. The Morgan fingerprint density at radius 1 is 1.35 bits per heavy atom. The molecular formula is C18H21ClN2O5. The Morgan fingerprint density at radius 2 is 2.04 bits per heavy atom. The number of ether oxygens (including phenoxy) is 2. The molecule has 7 nitrogen and oxygen atoms in total. The SMILES string of the molecule is COC(=O)[C@@H]1C[C@@]2(CN1C(=O)OC(C)(C)C)C(=O)Nc1ccc(Cl)cc12. The lowest BCUT2D eigenvalue weighted by Crippen LogP contribution is -2.44. The summed E-state index contributed by atoms with van der Waals surface area (Å²) in [5, 5.41) is 3.29. The number of nitrogens with one attached hydrogen (secondary N) is 1. The number of hydrogen-bond acceptors (Lipinski definition) is 5. The van der Waals surface area contributed by atoms with E-state index in [-0.39, 0.29) is 18.9 Å². The van der Waals surface area contributed by atoms with Crippen molar-refractivity contribution in [3.8, 4) is 0 Å². The van der Waals surface area contributed by atoms with Crippen LogP contribution in [-0.2, 0) is 24.5 Å². The maximum atomic E-state index is 12.8. The molecule has 26 heavy (non-hydrogen) atoms. The van der Waals surface area contributed by atoms with Crippen LogP contribution >= 0.6 is 11.6 Å². The van der Waals surface area contributed by atoms with Crippen molar-refractivity contribution in [3.63, 3.8) is 0 Å². The predicted molar refractivity (Wildman–Crippen MR) is 95.1 cm³/mol. The molecule has 8 heteroatoms. The summed E-state index contributed by atoms with van der Waals surface area (Å²) in [6, 6.07) is 4.18. The van der Waals surface area contributed by atoms with Crippen LogP contribution in [0.4, 0.5) is 10.5 Å². The zero-order chi connectivity index (χ0) is 19.3. The molecule has 0 unspecified atom stereocenters. The monoisotopic (exact) mass is 380 g/mol. The Hall–Kier alpha value is -2.28. The molecule has 1 spiro atoms. The standard InChI is InChI=1S/C18H21ClN2O5/c1-17(2,3)26-16(24)21-9-18(8-13(21)14(22)25-4)11-7-10(19)5-6-12(11)20-15(18)23/h5-7,13H,8-9H2,1-4H3,(H,20,23)/t13-,18-/m0/s1. The second-order valence-electron chi connectivity index (χ2n) is 7.58. The van der Waals surface area contributed by atoms with Crippen LogP contribution in [0.5, 0.6) is 0 Å². The average molecular weight is 381 g/mol. The van der Waals surface area contributed by atoms with Gasteiger partial charge < -0.3 is 14.8 Å². The zero-order valence-electron chi connectivity index (χ0n) is 15.1. The Labute approximate surface area is 156 Å². The highest BCUT2D eigenvalue weighted by molar-refractivity contribution is 6.31. The number of carbonyl (C=O) groups is 3. The molecule has 1 fully saturated rings. The Bertz CT molecular complexity index is 788. The number of fused-ring (bicyclic) bond motifs is 2. The molecule has 3 rings (SSSR count). The topological polar surface area (TPSA) is 84.9 Å². The first kappa shape index (κ1) is 18.5. The highest BCUT2D eigenvalue weighted by Gasteiger charge is 2.58. The minimum atomic E-state index is -1.06. The maximum absolute atomic E-state index is 12.8. The van der Waals surface area contributed by atoms with Crippen molar-refractivity contribution in [2.45, 2.75) is 44.2 Å². The van der Waals surface area contributed by atoms with Gasteiger partial charge in [0.05, 0.1) is 12.5 Å². The van der Waals surface area contributed by atoms with Gasteiger partial charge in [0.15, 0.2) is 0 Å². The fraction of sp³-hybridized carbons (Fsp3) is 0.500. The van der Waals surface area contributed by atoms with Gasteiger partial charge in [0.1, 0.15) is 11.6 Å². The number of hydrogen-bond donors (Lipinski definition) is 1. The first-order chi connectivity index (χ1) is 12.1. The minimum Gasteiger partial charge on any atom is -0.467 e. The molecule has 0 bridgehead atoms. The predicted octanol–water partition coefficient (Wildman–Crippen LogP) is 2.71. The van der Waals surface area contributed by atoms with E-state index in [1.807, 2.05) is 0 Å². The lowest BCUT2D eigenvalue weighted by atomic mass is 9.79. The van der Waals surface area contributed by atoms with Crippen LogP contribution in [0.25, 0.3) is 0 Å². The van der Waals surface area contributed by atoms with Crippen LogP contribution in [-0.4, -0.2) is 48.2 Å². The first-order valence-electron chi connectivity index (χ1n) is 8.26. The van der Waals surface area contributed by atoms with Gasteiger partial charge in [0.25, 0.3) is 0 Å². The molecule has 2 atom stereocenters. The fourth-order valence-electron chi connectivity index (χ4n) is 3.51. The van der Waals surface area contributed by atoms with E-state index in [2.05, 4.69) is 5.32 Å². The number of anilines is 1. The highest BCUT2D eigenvalue weighted by atomic mass is 35.5. The number of likely N-dealkylation sites (tertiary alicyclic amines) is 1. The molecule has 0 aliphatic carbocycles. The Kier molecular flexibility index (Phi) is 4.38. The van der Waals surface area contributed by atoms with E-state index in [0.717, 1.165) is 0 Å². The van der Waals surface area contributed by atoms with Gasteiger partial charge in [0.2, 0.25) is 5.91 Å². The minimum absolute atomic E-state index is 0.0147. The van der Waals surface area contributed by atoms with Crippen molar-refractivity contribution in [3.05, 3.63) is 28.8 Å². The number of rotatable bonds is 1. The molecule has 0 saturated carbocycles. The van der Waals surface area contributed by atoms with Gasteiger partial charge in [-0.15, -0.1) is 0 Å². The molecule has 1 aromatic carbocycles. The molecule has 1 aromatic rings. The van der Waals surface area contributed by atoms with Gasteiger partial charge in [-0.2, -0.15) is 0 Å². The summed E-state index contributed by atoms with van der Waals surface area (Å²) in [6.07, 6.45) is -0.550. The number of amides is 2. The summed E-state index contributed by atoms with van der Waals surface area (Å²) in [6.45, 7) is 5.23. The second-order valence-corrected chi connectivity index (χ2v) is 8.01. The summed E-state index contributed by atoms with van der Waals surface area (Å²) in [7, 11) is 1.25. The summed E-state index contributed by atoms with van der Waals surface area (Å²) >= 11 is 6.11. The van der Waals surface area contributed by atoms with Crippen molar-refractivity contribution >= 4 is 35.3 Å². The van der Waals surface area contributed by atoms with Crippen LogP contribution in [0, 0.1) is 0 Å². The van der Waals surface area contributed by atoms with Gasteiger partial charge >= 0.3 is 12.1 Å². The van der Waals surface area contributed by atoms with Gasteiger partial charge in [-0.25, -0.2) is 9.59 Å². The van der Waals surface area contributed by atoms with Crippen LogP contribution < -0.4 is 5.32 Å². The molecular weight excluding hydrogens is 360 g/mol. The third-order valence-corrected chi connectivity index (χ3v) is 4.87. The second kappa shape index (κ2) is 6.16. The number of benzene rings is 1. The summed E-state index contributed by atoms with van der Waals surface area (Å²) in [5.41, 5.74) is -0.480. The van der Waals surface area contributed by atoms with Gasteiger partial charge in [0, 0.05) is 17.3 Å². The molecule has 0 aromatic heterocycles. The maximum Gasteiger partial charge on any atom is 0.411 e. The zero-order valence-corrected chi connectivity index (χ0v) is 15.8. The van der Waals surface area contributed by atoms with E-state index >= 15 is 0 Å². The third-order valence-electron chi connectivity index (χ3n) is 4.64. The normalized spacial score (nSPS) is 24.4. The van der Waals surface area contributed by atoms with Crippen molar-refractivity contribution in [1.29, 1.82) is 0 Å². The largest absolute Gasteiger partial charge is 0.467 e. The molecule has 0 radical (unpaired) electrons.